The van der Waals surface area contributed by atoms with Gasteiger partial charge in [-0.3, -0.25) is 9.59 Å². The molecule has 0 spiro atoms. The lowest BCUT2D eigenvalue weighted by Gasteiger charge is -2.23. The van der Waals surface area contributed by atoms with Gasteiger partial charge in [0.05, 0.1) is 0 Å². The molecule has 3 rings (SSSR count). The first-order valence-corrected chi connectivity index (χ1v) is 8.18. The van der Waals surface area contributed by atoms with Crippen molar-refractivity contribution in [1.29, 1.82) is 0 Å². The first-order chi connectivity index (χ1) is 11.4. The second kappa shape index (κ2) is 6.11. The maximum absolute atomic E-state index is 12.6. The third-order valence-electron chi connectivity index (χ3n) is 4.31. The van der Waals surface area contributed by atoms with Crippen LogP contribution in [-0.4, -0.2) is 18.4 Å². The predicted molar refractivity (Wildman–Crippen MR) is 96.3 cm³/mol. The molecule has 1 N–H and O–H groups in total. The highest BCUT2D eigenvalue weighted by molar-refractivity contribution is 6.44. The summed E-state index contributed by atoms with van der Waals surface area (Å²) in [4.78, 5) is 26.6. The van der Waals surface area contributed by atoms with Crippen molar-refractivity contribution in [1.82, 2.24) is 0 Å². The smallest absolute Gasteiger partial charge is 0.316 e. The number of nitrogens with zero attached hydrogens (tertiary/aromatic N) is 1. The number of nitrogens with one attached hydrogen (secondary N) is 1. The van der Waals surface area contributed by atoms with Gasteiger partial charge < -0.3 is 10.2 Å². The number of benzene rings is 2. The summed E-state index contributed by atoms with van der Waals surface area (Å²) in [6, 6.07) is 15.3. The molecule has 1 heterocycles. The Balaban J connectivity index is 1.81. The Morgan fingerprint density at radius 2 is 1.67 bits per heavy atom. The van der Waals surface area contributed by atoms with Gasteiger partial charge in [0, 0.05) is 17.9 Å². The van der Waals surface area contributed by atoms with Crippen LogP contribution in [-0.2, 0) is 21.4 Å². The summed E-state index contributed by atoms with van der Waals surface area (Å²) >= 11 is 0. The summed E-state index contributed by atoms with van der Waals surface area (Å²) < 4.78 is 0. The zero-order valence-corrected chi connectivity index (χ0v) is 14.3. The number of para-hydroxylation sites is 2. The number of rotatable bonds is 1. The molecule has 0 saturated heterocycles. The van der Waals surface area contributed by atoms with Crippen LogP contribution in [0.3, 0.4) is 0 Å². The molecule has 0 aliphatic carbocycles. The minimum atomic E-state index is -0.594. The fourth-order valence-corrected chi connectivity index (χ4v) is 3.09. The number of hydrogen-bond acceptors (Lipinski definition) is 2. The monoisotopic (exact) mass is 322 g/mol. The van der Waals surface area contributed by atoms with E-state index in [4.69, 9.17) is 0 Å². The molecular formula is C20H22N2O2. The van der Waals surface area contributed by atoms with Crippen LogP contribution in [0.15, 0.2) is 48.5 Å². The van der Waals surface area contributed by atoms with E-state index in [9.17, 15) is 9.59 Å². The van der Waals surface area contributed by atoms with Gasteiger partial charge in [-0.05, 0) is 35.1 Å². The van der Waals surface area contributed by atoms with Crippen molar-refractivity contribution >= 4 is 23.2 Å². The lowest BCUT2D eigenvalue weighted by molar-refractivity contribution is -0.134. The fourth-order valence-electron chi connectivity index (χ4n) is 3.09. The molecule has 0 aromatic heterocycles. The van der Waals surface area contributed by atoms with Gasteiger partial charge in [-0.2, -0.15) is 0 Å². The number of hydrogen-bond donors (Lipinski definition) is 1. The average molecular weight is 322 g/mol. The van der Waals surface area contributed by atoms with Crippen LogP contribution in [0.25, 0.3) is 0 Å². The molecule has 2 aromatic rings. The highest BCUT2D eigenvalue weighted by atomic mass is 16.2. The van der Waals surface area contributed by atoms with Crippen molar-refractivity contribution < 1.29 is 9.59 Å². The van der Waals surface area contributed by atoms with Crippen LogP contribution in [0.4, 0.5) is 11.4 Å². The zero-order valence-electron chi connectivity index (χ0n) is 14.3. The van der Waals surface area contributed by atoms with Crippen molar-refractivity contribution in [3.63, 3.8) is 0 Å². The van der Waals surface area contributed by atoms with Gasteiger partial charge in [0.25, 0.3) is 0 Å². The van der Waals surface area contributed by atoms with Gasteiger partial charge in [-0.25, -0.2) is 0 Å². The molecule has 4 heteroatoms. The van der Waals surface area contributed by atoms with Crippen LogP contribution >= 0.6 is 0 Å². The van der Waals surface area contributed by atoms with E-state index in [-0.39, 0.29) is 5.41 Å². The predicted octanol–water partition coefficient (Wildman–Crippen LogP) is 3.51. The van der Waals surface area contributed by atoms with Gasteiger partial charge in [0.2, 0.25) is 0 Å². The Hall–Kier alpha value is -2.62. The van der Waals surface area contributed by atoms with Crippen LogP contribution in [0.2, 0.25) is 0 Å². The Morgan fingerprint density at radius 1 is 1.00 bits per heavy atom. The maximum Gasteiger partial charge on any atom is 0.316 e. The van der Waals surface area contributed by atoms with Crippen LogP contribution in [0.5, 0.6) is 0 Å². The van der Waals surface area contributed by atoms with Crippen molar-refractivity contribution in [3.8, 4) is 0 Å². The first-order valence-electron chi connectivity index (χ1n) is 8.18. The van der Waals surface area contributed by atoms with E-state index in [0.717, 1.165) is 23.2 Å². The minimum Gasteiger partial charge on any atom is -0.317 e. The Bertz CT molecular complexity index is 790. The van der Waals surface area contributed by atoms with Crippen LogP contribution in [0, 0.1) is 0 Å². The minimum absolute atomic E-state index is 0.118. The molecular weight excluding hydrogens is 300 g/mol. The maximum atomic E-state index is 12.6. The Morgan fingerprint density at radius 3 is 2.42 bits per heavy atom. The molecule has 1 aliphatic rings. The first kappa shape index (κ1) is 16.2. The number of carbonyl (C=O) groups excluding carboxylic acids is 2. The lowest BCUT2D eigenvalue weighted by Crippen LogP contribution is -2.39. The van der Waals surface area contributed by atoms with Crippen molar-refractivity contribution in [2.45, 2.75) is 32.6 Å². The van der Waals surface area contributed by atoms with Crippen molar-refractivity contribution in [3.05, 3.63) is 59.7 Å². The normalized spacial score (nSPS) is 13.5. The number of anilines is 2. The topological polar surface area (TPSA) is 49.4 Å². The molecule has 0 radical (unpaired) electrons. The lowest BCUT2D eigenvalue weighted by atomic mass is 9.86. The highest BCUT2D eigenvalue weighted by Gasteiger charge is 2.29. The van der Waals surface area contributed by atoms with E-state index in [2.05, 4.69) is 26.1 Å². The summed E-state index contributed by atoms with van der Waals surface area (Å²) in [5, 5.41) is 2.79. The van der Waals surface area contributed by atoms with E-state index in [1.54, 1.807) is 4.90 Å². The summed E-state index contributed by atoms with van der Waals surface area (Å²) in [5.41, 5.74) is 3.52. The third kappa shape index (κ3) is 3.04. The largest absolute Gasteiger partial charge is 0.317 e. The zero-order chi connectivity index (χ0) is 17.3. The molecule has 0 unspecified atom stereocenters. The highest BCUT2D eigenvalue weighted by Crippen LogP contribution is 2.30. The number of amides is 2. The van der Waals surface area contributed by atoms with Gasteiger partial charge in [0.1, 0.15) is 0 Å². The van der Waals surface area contributed by atoms with Gasteiger partial charge in [0.15, 0.2) is 0 Å². The third-order valence-corrected chi connectivity index (χ3v) is 4.31. The summed E-state index contributed by atoms with van der Waals surface area (Å²) in [6.07, 6.45) is 0.785. The van der Waals surface area contributed by atoms with E-state index in [1.807, 2.05) is 48.5 Å². The molecule has 124 valence electrons. The Kier molecular flexibility index (Phi) is 4.14. The SMILES string of the molecule is CC(C)(C)c1ccccc1NC(=O)C(=O)N1CCc2ccccc21. The summed E-state index contributed by atoms with van der Waals surface area (Å²) in [6.45, 7) is 6.79. The second-order valence-electron chi connectivity index (χ2n) is 7.09. The molecule has 4 nitrogen and oxygen atoms in total. The standard InChI is InChI=1S/C20H22N2O2/c1-20(2,3)15-9-5-6-10-16(15)21-18(23)19(24)22-13-12-14-8-4-7-11-17(14)22/h4-11H,12-13H2,1-3H3,(H,21,23). The second-order valence-corrected chi connectivity index (χ2v) is 7.09. The molecule has 1 aliphatic heterocycles. The van der Waals surface area contributed by atoms with Crippen LogP contribution in [0.1, 0.15) is 31.9 Å². The van der Waals surface area contributed by atoms with E-state index >= 15 is 0 Å². The molecule has 2 aromatic carbocycles. The molecule has 24 heavy (non-hydrogen) atoms. The molecule has 0 saturated carbocycles. The van der Waals surface area contributed by atoms with Gasteiger partial charge >= 0.3 is 11.8 Å². The van der Waals surface area contributed by atoms with Crippen molar-refractivity contribution in [2.24, 2.45) is 0 Å². The summed E-state index contributed by atoms with van der Waals surface area (Å²) in [5.74, 6) is -1.10. The quantitative estimate of drug-likeness (QED) is 0.817. The number of carbonyl (C=O) groups is 2. The average Bonchev–Trinajstić information content (AvgIpc) is 2.97. The van der Waals surface area contributed by atoms with Gasteiger partial charge in [-0.1, -0.05) is 57.2 Å². The Labute approximate surface area is 142 Å². The van der Waals surface area contributed by atoms with Crippen LogP contribution < -0.4 is 10.2 Å². The molecule has 0 fully saturated rings. The fraction of sp³-hybridized carbons (Fsp3) is 0.300. The van der Waals surface area contributed by atoms with E-state index in [0.29, 0.717) is 12.2 Å². The number of fused-ring (bicyclic) bond motifs is 1. The summed E-state index contributed by atoms with van der Waals surface area (Å²) in [7, 11) is 0. The van der Waals surface area contributed by atoms with Gasteiger partial charge in [-0.15, -0.1) is 0 Å². The van der Waals surface area contributed by atoms with Crippen molar-refractivity contribution in [2.75, 3.05) is 16.8 Å². The molecule has 0 atom stereocenters. The molecule has 0 bridgehead atoms. The molecule has 2 amide bonds. The van der Waals surface area contributed by atoms with E-state index in [1.165, 1.54) is 0 Å². The van der Waals surface area contributed by atoms with E-state index < -0.39 is 11.8 Å².